The van der Waals surface area contributed by atoms with Crippen molar-refractivity contribution in [3.05, 3.63) is 22.1 Å². The molecule has 2 aromatic heterocycles. The maximum absolute atomic E-state index is 11.1. The first-order chi connectivity index (χ1) is 7.20. The quantitative estimate of drug-likeness (QED) is 0.551. The summed E-state index contributed by atoms with van der Waals surface area (Å²) in [5.41, 5.74) is 6.38. The van der Waals surface area contributed by atoms with E-state index in [0.717, 1.165) is 0 Å². The van der Waals surface area contributed by atoms with Crippen molar-refractivity contribution in [2.24, 2.45) is 0 Å². The number of aromatic nitrogens is 3. The van der Waals surface area contributed by atoms with Crippen LogP contribution in [0, 0.1) is 0 Å². The van der Waals surface area contributed by atoms with E-state index in [1.54, 1.807) is 6.07 Å². The minimum absolute atomic E-state index is 0.0713. The standard InChI is InChI=1S/C9H6N4O2/c10-8-4-1-3-6(7(3)15)13-9(4)12-5(2-14)11-8/h1,14H,2H2,(H2,10,11,12,13). The van der Waals surface area contributed by atoms with Gasteiger partial charge in [-0.3, -0.25) is 4.79 Å². The number of anilines is 1. The van der Waals surface area contributed by atoms with E-state index < -0.39 is 0 Å². The molecule has 0 aliphatic rings. The van der Waals surface area contributed by atoms with Gasteiger partial charge in [0.15, 0.2) is 11.5 Å². The number of hydrogen-bond acceptors (Lipinski definition) is 6. The van der Waals surface area contributed by atoms with Crippen LogP contribution < -0.4 is 11.2 Å². The van der Waals surface area contributed by atoms with Crippen molar-refractivity contribution in [2.75, 3.05) is 5.73 Å². The lowest BCUT2D eigenvalue weighted by Gasteiger charge is -2.00. The molecule has 0 atom stereocenters. The van der Waals surface area contributed by atoms with Crippen LogP contribution in [0.15, 0.2) is 10.9 Å². The van der Waals surface area contributed by atoms with Crippen LogP contribution in [-0.4, -0.2) is 20.1 Å². The molecule has 3 rings (SSSR count). The molecule has 74 valence electrons. The lowest BCUT2D eigenvalue weighted by atomic mass is 10.3. The minimum Gasteiger partial charge on any atom is -0.388 e. The van der Waals surface area contributed by atoms with Crippen molar-refractivity contribution in [1.29, 1.82) is 0 Å². The number of nitrogens with zero attached hydrogens (tertiary/aromatic N) is 3. The van der Waals surface area contributed by atoms with E-state index in [9.17, 15) is 4.79 Å². The molecule has 0 saturated carbocycles. The second kappa shape index (κ2) is 2.48. The maximum atomic E-state index is 11.1. The number of nitrogens with two attached hydrogens (primary N) is 1. The largest absolute Gasteiger partial charge is 0.388 e. The summed E-state index contributed by atoms with van der Waals surface area (Å²) in [5.74, 6) is 0.444. The molecule has 0 radical (unpaired) electrons. The van der Waals surface area contributed by atoms with Gasteiger partial charge in [-0.2, -0.15) is 0 Å². The maximum Gasteiger partial charge on any atom is 0.214 e. The van der Waals surface area contributed by atoms with E-state index in [0.29, 0.717) is 21.9 Å². The second-order valence-corrected chi connectivity index (χ2v) is 3.27. The average molecular weight is 202 g/mol. The third-order valence-electron chi connectivity index (χ3n) is 2.30. The molecule has 0 fully saturated rings. The van der Waals surface area contributed by atoms with Crippen molar-refractivity contribution in [3.63, 3.8) is 0 Å². The highest BCUT2D eigenvalue weighted by molar-refractivity contribution is 6.03. The number of hydrogen-bond donors (Lipinski definition) is 2. The average Bonchev–Trinajstić information content (AvgIpc) is 2.87. The topological polar surface area (TPSA) is 102 Å². The number of aliphatic hydroxyl groups excluding tert-OH is 1. The highest BCUT2D eigenvalue weighted by Gasteiger charge is 2.17. The fourth-order valence-electron chi connectivity index (χ4n) is 1.48. The predicted octanol–water partition coefficient (Wildman–Crippen LogP) is -0.512. The molecule has 3 N–H and O–H groups in total. The molecule has 0 aliphatic carbocycles. The van der Waals surface area contributed by atoms with Gasteiger partial charge in [-0.1, -0.05) is 0 Å². The van der Waals surface area contributed by atoms with Gasteiger partial charge in [-0.05, 0) is 6.07 Å². The summed E-state index contributed by atoms with van der Waals surface area (Å²) in [7, 11) is 0. The van der Waals surface area contributed by atoms with Gasteiger partial charge in [-0.25, -0.2) is 15.0 Å². The van der Waals surface area contributed by atoms with Crippen molar-refractivity contribution in [3.8, 4) is 0 Å². The van der Waals surface area contributed by atoms with Crippen molar-refractivity contribution in [2.45, 2.75) is 6.61 Å². The lowest BCUT2D eigenvalue weighted by Crippen LogP contribution is -2.01. The molecular formula is C9H6N4O2. The fourth-order valence-corrected chi connectivity index (χ4v) is 1.48. The van der Waals surface area contributed by atoms with Gasteiger partial charge in [0.1, 0.15) is 17.9 Å². The van der Waals surface area contributed by atoms with E-state index in [1.165, 1.54) is 0 Å². The number of fused-ring (bicyclic) bond motifs is 2. The Labute approximate surface area is 83.1 Å². The smallest absolute Gasteiger partial charge is 0.214 e. The van der Waals surface area contributed by atoms with Crippen LogP contribution in [-0.2, 0) is 6.61 Å². The first-order valence-corrected chi connectivity index (χ1v) is 4.33. The third kappa shape index (κ3) is 1.02. The molecule has 0 unspecified atom stereocenters. The van der Waals surface area contributed by atoms with E-state index in [4.69, 9.17) is 10.8 Å². The van der Waals surface area contributed by atoms with E-state index in [1.807, 2.05) is 0 Å². The highest BCUT2D eigenvalue weighted by atomic mass is 16.3. The molecule has 6 heteroatoms. The summed E-state index contributed by atoms with van der Waals surface area (Å²) in [6.07, 6.45) is 0. The summed E-state index contributed by atoms with van der Waals surface area (Å²) < 4.78 is 0. The first kappa shape index (κ1) is 8.25. The fraction of sp³-hybridized carbons (Fsp3) is 0.111. The lowest BCUT2D eigenvalue weighted by molar-refractivity contribution is 0.272. The van der Waals surface area contributed by atoms with Crippen LogP contribution >= 0.6 is 0 Å². The SMILES string of the molecule is Nc1nc(CO)nc2nc3c(=O)c3cc12. The Morgan fingerprint density at radius 1 is 1.27 bits per heavy atom. The normalized spacial score (nSPS) is 11.8. The number of aliphatic hydroxyl groups is 1. The highest BCUT2D eigenvalue weighted by Crippen LogP contribution is 2.22. The molecule has 0 spiro atoms. The van der Waals surface area contributed by atoms with Crippen molar-refractivity contribution in [1.82, 2.24) is 15.0 Å². The summed E-state index contributed by atoms with van der Waals surface area (Å²) in [6, 6.07) is 1.64. The minimum atomic E-state index is -0.299. The van der Waals surface area contributed by atoms with Crippen LogP contribution in [0.3, 0.4) is 0 Å². The summed E-state index contributed by atoms with van der Waals surface area (Å²) >= 11 is 0. The Balaban J connectivity index is 2.44. The second-order valence-electron chi connectivity index (χ2n) is 3.27. The predicted molar refractivity (Wildman–Crippen MR) is 53.8 cm³/mol. The Hall–Kier alpha value is -2.08. The molecule has 0 aliphatic heterocycles. The zero-order valence-electron chi connectivity index (χ0n) is 7.56. The van der Waals surface area contributed by atoms with Gasteiger partial charge >= 0.3 is 0 Å². The summed E-state index contributed by atoms with van der Waals surface area (Å²) in [5, 5.41) is 10.0. The monoisotopic (exact) mass is 202 g/mol. The Morgan fingerprint density at radius 2 is 2.07 bits per heavy atom. The first-order valence-electron chi connectivity index (χ1n) is 4.33. The third-order valence-corrected chi connectivity index (χ3v) is 2.30. The number of rotatable bonds is 1. The van der Waals surface area contributed by atoms with E-state index >= 15 is 0 Å². The number of pyridine rings is 1. The van der Waals surface area contributed by atoms with Gasteiger partial charge in [0.05, 0.1) is 10.8 Å². The molecule has 2 heterocycles. The molecule has 0 bridgehead atoms. The van der Waals surface area contributed by atoms with Crippen LogP contribution in [0.2, 0.25) is 0 Å². The van der Waals surface area contributed by atoms with E-state index in [2.05, 4.69) is 15.0 Å². The van der Waals surface area contributed by atoms with Crippen LogP contribution in [0.4, 0.5) is 5.82 Å². The zero-order chi connectivity index (χ0) is 10.6. The Bertz CT molecular complexity index is 697. The van der Waals surface area contributed by atoms with Gasteiger partial charge in [-0.15, -0.1) is 0 Å². The van der Waals surface area contributed by atoms with Gasteiger partial charge in [0.2, 0.25) is 5.43 Å². The zero-order valence-corrected chi connectivity index (χ0v) is 7.56. The molecule has 15 heavy (non-hydrogen) atoms. The van der Waals surface area contributed by atoms with Crippen molar-refractivity contribution < 1.29 is 5.11 Å². The van der Waals surface area contributed by atoms with E-state index in [-0.39, 0.29) is 23.7 Å². The molecular weight excluding hydrogens is 196 g/mol. The van der Waals surface area contributed by atoms with Crippen LogP contribution in [0.25, 0.3) is 21.9 Å². The van der Waals surface area contributed by atoms with Crippen LogP contribution in [0.5, 0.6) is 0 Å². The van der Waals surface area contributed by atoms with Gasteiger partial charge < -0.3 is 10.8 Å². The summed E-state index contributed by atoms with van der Waals surface area (Å²) in [4.78, 5) is 23.0. The molecule has 3 aromatic rings. The van der Waals surface area contributed by atoms with Gasteiger partial charge in [0.25, 0.3) is 0 Å². The molecule has 0 saturated heterocycles. The molecule has 0 amide bonds. The molecule has 1 aromatic carbocycles. The van der Waals surface area contributed by atoms with Gasteiger partial charge in [0, 0.05) is 0 Å². The Morgan fingerprint density at radius 3 is 2.80 bits per heavy atom. The Kier molecular flexibility index (Phi) is 1.37. The van der Waals surface area contributed by atoms with Crippen molar-refractivity contribution >= 4 is 27.8 Å². The van der Waals surface area contributed by atoms with Crippen LogP contribution in [0.1, 0.15) is 5.82 Å². The number of nitrogen functional groups attached to an aromatic ring is 1. The molecule has 6 nitrogen and oxygen atoms in total. The summed E-state index contributed by atoms with van der Waals surface area (Å²) in [6.45, 7) is -0.299.